The summed E-state index contributed by atoms with van der Waals surface area (Å²) in [5.41, 5.74) is 3.75. The topological polar surface area (TPSA) is 83.6 Å². The van der Waals surface area contributed by atoms with Gasteiger partial charge in [0, 0.05) is 11.1 Å². The van der Waals surface area contributed by atoms with Gasteiger partial charge in [0.1, 0.15) is 11.5 Å². The van der Waals surface area contributed by atoms with E-state index in [4.69, 9.17) is 19.5 Å². The van der Waals surface area contributed by atoms with Crippen LogP contribution in [0.1, 0.15) is 62.5 Å². The van der Waals surface area contributed by atoms with Gasteiger partial charge >= 0.3 is 0 Å². The zero-order valence-electron chi connectivity index (χ0n) is 20.2. The molecule has 0 radical (unpaired) electrons. The molecule has 0 atom stereocenters. The smallest absolute Gasteiger partial charge is 0.118 e. The maximum atomic E-state index is 9.99. The molecule has 6 nitrogen and oxygen atoms in total. The fourth-order valence-corrected chi connectivity index (χ4v) is 4.78. The number of nitrogens with zero attached hydrogens (tertiary/aromatic N) is 2. The molecule has 2 aliphatic carbocycles. The molecule has 2 fully saturated rings. The predicted molar refractivity (Wildman–Crippen MR) is 136 cm³/mol. The molecule has 2 aromatic rings. The summed E-state index contributed by atoms with van der Waals surface area (Å²) in [6.07, 6.45) is 6.13. The zero-order chi connectivity index (χ0) is 23.9. The Morgan fingerprint density at radius 2 is 0.912 bits per heavy atom. The third-order valence-electron chi connectivity index (χ3n) is 6.91. The fraction of sp³-hybridized carbons (Fsp3) is 0.500. The first kappa shape index (κ1) is 24.4. The Morgan fingerprint density at radius 3 is 1.21 bits per heavy atom. The normalized spacial score (nSPS) is 26.2. The van der Waals surface area contributed by atoms with Crippen LogP contribution in [0.4, 0.5) is 0 Å². The van der Waals surface area contributed by atoms with E-state index in [1.165, 1.54) is 0 Å². The molecule has 0 bridgehead atoms. The summed E-state index contributed by atoms with van der Waals surface area (Å²) in [6, 6.07) is 16.3. The Morgan fingerprint density at radius 1 is 0.588 bits per heavy atom. The van der Waals surface area contributed by atoms with Gasteiger partial charge in [-0.2, -0.15) is 0 Å². The van der Waals surface area contributed by atoms with Crippen LogP contribution in [0.2, 0.25) is 0 Å². The van der Waals surface area contributed by atoms with Crippen LogP contribution in [0.25, 0.3) is 0 Å². The quantitative estimate of drug-likeness (QED) is 0.587. The third kappa shape index (κ3) is 6.24. The number of rotatable bonds is 7. The van der Waals surface area contributed by atoms with Crippen LogP contribution in [0, 0.1) is 0 Å². The Balaban J connectivity index is 1.78. The van der Waals surface area contributed by atoms with E-state index in [0.717, 1.165) is 85.4 Å². The highest BCUT2D eigenvalue weighted by molar-refractivity contribution is 6.53. The molecular formula is C28H36N2O4. The largest absolute Gasteiger partial charge is 0.497 e. The summed E-state index contributed by atoms with van der Waals surface area (Å²) in [5.74, 6) is 1.60. The molecule has 0 spiro atoms. The van der Waals surface area contributed by atoms with Crippen LogP contribution in [0.15, 0.2) is 58.5 Å². The summed E-state index contributed by atoms with van der Waals surface area (Å²) in [6.45, 7) is 0. The molecule has 2 saturated carbocycles. The zero-order valence-corrected chi connectivity index (χ0v) is 20.2. The molecule has 182 valence electrons. The Labute approximate surface area is 202 Å². The minimum atomic E-state index is -0.223. The molecule has 0 aliphatic heterocycles. The lowest BCUT2D eigenvalue weighted by atomic mass is 9.91. The van der Waals surface area contributed by atoms with Gasteiger partial charge in [-0.15, -0.1) is 0 Å². The minimum absolute atomic E-state index is 0.150. The lowest BCUT2D eigenvalue weighted by molar-refractivity contribution is 0.123. The molecule has 4 rings (SSSR count). The van der Waals surface area contributed by atoms with Crippen molar-refractivity contribution in [2.24, 2.45) is 9.98 Å². The average molecular weight is 465 g/mol. The fourth-order valence-electron chi connectivity index (χ4n) is 4.78. The van der Waals surface area contributed by atoms with Crippen LogP contribution in [0.5, 0.6) is 11.5 Å². The second-order valence-electron chi connectivity index (χ2n) is 9.34. The lowest BCUT2D eigenvalue weighted by Gasteiger charge is -2.26. The van der Waals surface area contributed by atoms with E-state index in [-0.39, 0.29) is 24.3 Å². The summed E-state index contributed by atoms with van der Waals surface area (Å²) in [5, 5.41) is 20.0. The van der Waals surface area contributed by atoms with Gasteiger partial charge in [0.2, 0.25) is 0 Å². The van der Waals surface area contributed by atoms with Gasteiger partial charge in [0.05, 0.1) is 49.9 Å². The second-order valence-corrected chi connectivity index (χ2v) is 9.34. The summed E-state index contributed by atoms with van der Waals surface area (Å²) < 4.78 is 10.8. The van der Waals surface area contributed by atoms with Crippen LogP contribution in [-0.4, -0.2) is 60.1 Å². The minimum Gasteiger partial charge on any atom is -0.497 e. The van der Waals surface area contributed by atoms with Crippen LogP contribution < -0.4 is 9.47 Å². The number of methoxy groups -OCH3 is 2. The number of aliphatic hydroxyl groups is 2. The van der Waals surface area contributed by atoms with Crippen molar-refractivity contribution >= 4 is 11.4 Å². The van der Waals surface area contributed by atoms with Crippen molar-refractivity contribution in [3.8, 4) is 11.5 Å². The molecule has 34 heavy (non-hydrogen) atoms. The molecule has 6 heteroatoms. The molecule has 2 aliphatic rings. The van der Waals surface area contributed by atoms with Gasteiger partial charge in [-0.1, -0.05) is 0 Å². The van der Waals surface area contributed by atoms with Gasteiger partial charge < -0.3 is 19.7 Å². The number of aliphatic hydroxyl groups excluding tert-OH is 2. The van der Waals surface area contributed by atoms with E-state index in [1.807, 2.05) is 48.5 Å². The highest BCUT2D eigenvalue weighted by Crippen LogP contribution is 2.26. The molecule has 0 heterocycles. The van der Waals surface area contributed by atoms with Crippen molar-refractivity contribution in [2.45, 2.75) is 75.7 Å². The molecular weight excluding hydrogens is 428 g/mol. The molecule has 0 unspecified atom stereocenters. The van der Waals surface area contributed by atoms with E-state index in [2.05, 4.69) is 0 Å². The van der Waals surface area contributed by atoms with Gasteiger partial charge in [-0.05, 0) is 99.9 Å². The van der Waals surface area contributed by atoms with Crippen LogP contribution >= 0.6 is 0 Å². The number of hydrogen-bond acceptors (Lipinski definition) is 6. The monoisotopic (exact) mass is 464 g/mol. The second kappa shape index (κ2) is 11.6. The number of benzene rings is 2. The van der Waals surface area contributed by atoms with E-state index < -0.39 is 0 Å². The van der Waals surface area contributed by atoms with E-state index in [0.29, 0.717) is 0 Å². The first-order valence-electron chi connectivity index (χ1n) is 12.4. The highest BCUT2D eigenvalue weighted by atomic mass is 16.5. The summed E-state index contributed by atoms with van der Waals surface area (Å²) in [7, 11) is 3.33. The van der Waals surface area contributed by atoms with E-state index >= 15 is 0 Å². The average Bonchev–Trinajstić information content (AvgIpc) is 2.88. The van der Waals surface area contributed by atoms with E-state index in [9.17, 15) is 10.2 Å². The molecule has 0 aromatic heterocycles. The van der Waals surface area contributed by atoms with Crippen LogP contribution in [-0.2, 0) is 0 Å². The Hall–Kier alpha value is -2.70. The third-order valence-corrected chi connectivity index (χ3v) is 6.91. The molecule has 0 saturated heterocycles. The van der Waals surface area contributed by atoms with Crippen molar-refractivity contribution in [2.75, 3.05) is 14.2 Å². The van der Waals surface area contributed by atoms with Crippen molar-refractivity contribution in [1.82, 2.24) is 0 Å². The van der Waals surface area contributed by atoms with Gasteiger partial charge in [0.15, 0.2) is 0 Å². The standard InChI is InChI=1S/C28H36N2O4/c1-33-25-15-3-19(4-16-25)27(29-21-7-11-23(31)12-8-21)28(20-5-17-26(34-2)18-6-20)30-22-9-13-24(32)14-10-22/h3-6,15-18,21-24,31-32H,7-14H2,1-2H3. The van der Waals surface area contributed by atoms with Crippen molar-refractivity contribution < 1.29 is 19.7 Å². The van der Waals surface area contributed by atoms with Crippen molar-refractivity contribution in [3.05, 3.63) is 59.7 Å². The summed E-state index contributed by atoms with van der Waals surface area (Å²) >= 11 is 0. The SMILES string of the molecule is COc1ccc(C(=NC2CCC(O)CC2)C(=NC2CCC(O)CC2)c2ccc(OC)cc2)cc1. The number of aliphatic imine (C=N–C) groups is 2. The van der Waals surface area contributed by atoms with Crippen molar-refractivity contribution in [3.63, 3.8) is 0 Å². The van der Waals surface area contributed by atoms with Gasteiger partial charge in [-0.3, -0.25) is 9.98 Å². The van der Waals surface area contributed by atoms with E-state index in [1.54, 1.807) is 14.2 Å². The Bertz CT molecular complexity index is 887. The lowest BCUT2D eigenvalue weighted by Crippen LogP contribution is -2.27. The first-order chi connectivity index (χ1) is 16.6. The molecule has 0 amide bonds. The number of hydrogen-bond donors (Lipinski definition) is 2. The summed E-state index contributed by atoms with van der Waals surface area (Å²) in [4.78, 5) is 10.5. The number of ether oxygens (including phenoxy) is 2. The van der Waals surface area contributed by atoms with Gasteiger partial charge in [-0.25, -0.2) is 0 Å². The van der Waals surface area contributed by atoms with Gasteiger partial charge in [0.25, 0.3) is 0 Å². The van der Waals surface area contributed by atoms with Crippen LogP contribution in [0.3, 0.4) is 0 Å². The van der Waals surface area contributed by atoms with Crippen molar-refractivity contribution in [1.29, 1.82) is 0 Å². The maximum Gasteiger partial charge on any atom is 0.118 e. The Kier molecular flexibility index (Phi) is 8.35. The first-order valence-corrected chi connectivity index (χ1v) is 12.4. The molecule has 2 N–H and O–H groups in total. The molecule has 2 aromatic carbocycles. The highest BCUT2D eigenvalue weighted by Gasteiger charge is 2.24. The predicted octanol–water partition coefficient (Wildman–Crippen LogP) is 4.59. The maximum absolute atomic E-state index is 9.99.